The van der Waals surface area contributed by atoms with E-state index in [2.05, 4.69) is 40.2 Å². The highest BCUT2D eigenvalue weighted by atomic mass is 16.2. The van der Waals surface area contributed by atoms with Crippen molar-refractivity contribution in [2.24, 2.45) is 5.92 Å². The lowest BCUT2D eigenvalue weighted by Gasteiger charge is -2.32. The molecule has 142 valence electrons. The summed E-state index contributed by atoms with van der Waals surface area (Å²) in [6.45, 7) is 3.86. The minimum absolute atomic E-state index is 0.130. The maximum atomic E-state index is 12.8. The van der Waals surface area contributed by atoms with Gasteiger partial charge in [-0.05, 0) is 62.1 Å². The molecule has 4 nitrogen and oxygen atoms in total. The quantitative estimate of drug-likeness (QED) is 0.818. The second-order valence-corrected chi connectivity index (χ2v) is 7.88. The highest BCUT2D eigenvalue weighted by Crippen LogP contribution is 2.23. The van der Waals surface area contributed by atoms with Crippen LogP contribution in [0, 0.1) is 5.92 Å². The minimum Gasteiger partial charge on any atom is -0.357 e. The Balaban J connectivity index is 1.31. The molecule has 0 bridgehead atoms. The van der Waals surface area contributed by atoms with Gasteiger partial charge in [-0.1, -0.05) is 30.3 Å². The van der Waals surface area contributed by atoms with Gasteiger partial charge in [-0.3, -0.25) is 4.79 Å². The Kier molecular flexibility index (Phi) is 5.71. The molecule has 1 amide bonds. The lowest BCUT2D eigenvalue weighted by molar-refractivity contribution is 0.0690. The summed E-state index contributed by atoms with van der Waals surface area (Å²) in [5, 5.41) is 0. The van der Waals surface area contributed by atoms with Crippen LogP contribution in [0.2, 0.25) is 0 Å². The number of benzene rings is 1. The first kappa shape index (κ1) is 18.0. The molecule has 0 radical (unpaired) electrons. The van der Waals surface area contributed by atoms with E-state index in [1.165, 1.54) is 24.8 Å². The normalized spacial score (nSPS) is 18.5. The third-order valence-corrected chi connectivity index (χ3v) is 5.94. The van der Waals surface area contributed by atoms with Crippen LogP contribution in [0.25, 0.3) is 0 Å². The van der Waals surface area contributed by atoms with Crippen LogP contribution in [0.1, 0.15) is 48.0 Å². The van der Waals surface area contributed by atoms with Crippen LogP contribution in [0.5, 0.6) is 0 Å². The third kappa shape index (κ3) is 4.49. The number of nitrogens with zero attached hydrogens (tertiary/aromatic N) is 3. The molecule has 0 atom stereocenters. The molecule has 1 aromatic carbocycles. The van der Waals surface area contributed by atoms with E-state index in [4.69, 9.17) is 0 Å². The monoisotopic (exact) mass is 363 g/mol. The number of hydrogen-bond acceptors (Lipinski definition) is 3. The summed E-state index contributed by atoms with van der Waals surface area (Å²) in [4.78, 5) is 21.7. The van der Waals surface area contributed by atoms with Gasteiger partial charge in [0.2, 0.25) is 0 Å². The van der Waals surface area contributed by atoms with Crippen molar-refractivity contribution in [1.29, 1.82) is 0 Å². The molecule has 4 rings (SSSR count). The summed E-state index contributed by atoms with van der Waals surface area (Å²) in [5.74, 6) is 1.81. The summed E-state index contributed by atoms with van der Waals surface area (Å²) in [6.07, 6.45) is 8.84. The Morgan fingerprint density at radius 2 is 1.67 bits per heavy atom. The van der Waals surface area contributed by atoms with Gasteiger partial charge in [0.25, 0.3) is 5.91 Å². The van der Waals surface area contributed by atoms with Crippen molar-refractivity contribution in [3.63, 3.8) is 0 Å². The molecule has 0 spiro atoms. The van der Waals surface area contributed by atoms with Gasteiger partial charge in [-0.15, -0.1) is 0 Å². The standard InChI is InChI=1S/C23H29N3O/c27-23(21-9-10-22(24-18-21)25-13-5-2-6-14-25)26-15-11-20(12-16-26)17-19-7-3-1-4-8-19/h1,3-4,7-10,18,20H,2,5-6,11-17H2. The van der Waals surface area contributed by atoms with Crippen molar-refractivity contribution in [3.8, 4) is 0 Å². The Morgan fingerprint density at radius 3 is 2.33 bits per heavy atom. The van der Waals surface area contributed by atoms with Crippen LogP contribution in [0.15, 0.2) is 48.7 Å². The van der Waals surface area contributed by atoms with Crippen LogP contribution in [0.3, 0.4) is 0 Å². The lowest BCUT2D eigenvalue weighted by Crippen LogP contribution is -2.39. The van der Waals surface area contributed by atoms with Gasteiger partial charge in [0.1, 0.15) is 5.82 Å². The topological polar surface area (TPSA) is 36.4 Å². The van der Waals surface area contributed by atoms with Crippen molar-refractivity contribution in [2.45, 2.75) is 38.5 Å². The molecule has 2 fully saturated rings. The largest absolute Gasteiger partial charge is 0.357 e. The van der Waals surface area contributed by atoms with E-state index in [1.807, 2.05) is 17.0 Å². The number of rotatable bonds is 4. The van der Waals surface area contributed by atoms with E-state index in [1.54, 1.807) is 6.20 Å². The highest BCUT2D eigenvalue weighted by Gasteiger charge is 2.24. The number of carbonyl (C=O) groups is 1. The predicted octanol–water partition coefficient (Wildman–Crippen LogP) is 4.17. The van der Waals surface area contributed by atoms with Crippen LogP contribution >= 0.6 is 0 Å². The molecule has 0 saturated carbocycles. The second kappa shape index (κ2) is 8.55. The predicted molar refractivity (Wildman–Crippen MR) is 109 cm³/mol. The van der Waals surface area contributed by atoms with Gasteiger partial charge >= 0.3 is 0 Å². The smallest absolute Gasteiger partial charge is 0.255 e. The second-order valence-electron chi connectivity index (χ2n) is 7.88. The van der Waals surface area contributed by atoms with Gasteiger partial charge in [0, 0.05) is 32.4 Å². The summed E-state index contributed by atoms with van der Waals surface area (Å²) in [5.41, 5.74) is 2.12. The molecule has 2 aliphatic rings. The zero-order valence-corrected chi connectivity index (χ0v) is 16.0. The van der Waals surface area contributed by atoms with Crippen LogP contribution in [-0.2, 0) is 6.42 Å². The summed E-state index contributed by atoms with van der Waals surface area (Å²) < 4.78 is 0. The maximum Gasteiger partial charge on any atom is 0.255 e. The van der Waals surface area contributed by atoms with Crippen molar-refractivity contribution < 1.29 is 4.79 Å². The van der Waals surface area contributed by atoms with E-state index in [0.29, 0.717) is 5.92 Å². The number of likely N-dealkylation sites (tertiary alicyclic amines) is 1. The van der Waals surface area contributed by atoms with Crippen LogP contribution in [-0.4, -0.2) is 42.0 Å². The Labute approximate surface area is 162 Å². The molecule has 1 aromatic heterocycles. The molecule has 0 unspecified atom stereocenters. The van der Waals surface area contributed by atoms with Gasteiger partial charge in [-0.2, -0.15) is 0 Å². The average molecular weight is 364 g/mol. The number of aromatic nitrogens is 1. The molecule has 0 aliphatic carbocycles. The number of amides is 1. The zero-order valence-electron chi connectivity index (χ0n) is 16.0. The fourth-order valence-corrected chi connectivity index (χ4v) is 4.29. The number of pyridine rings is 1. The molecular weight excluding hydrogens is 334 g/mol. The fourth-order valence-electron chi connectivity index (χ4n) is 4.29. The molecule has 4 heteroatoms. The molecule has 27 heavy (non-hydrogen) atoms. The lowest BCUT2D eigenvalue weighted by atomic mass is 9.90. The Bertz CT molecular complexity index is 730. The third-order valence-electron chi connectivity index (χ3n) is 5.94. The van der Waals surface area contributed by atoms with E-state index in [0.717, 1.165) is 56.8 Å². The van der Waals surface area contributed by atoms with Crippen molar-refractivity contribution in [3.05, 3.63) is 59.8 Å². The number of anilines is 1. The van der Waals surface area contributed by atoms with E-state index < -0.39 is 0 Å². The van der Waals surface area contributed by atoms with E-state index >= 15 is 0 Å². The van der Waals surface area contributed by atoms with Crippen LogP contribution in [0.4, 0.5) is 5.82 Å². The van der Waals surface area contributed by atoms with Gasteiger partial charge in [0.15, 0.2) is 0 Å². The summed E-state index contributed by atoms with van der Waals surface area (Å²) in [6, 6.07) is 14.6. The maximum absolute atomic E-state index is 12.8. The zero-order chi connectivity index (χ0) is 18.5. The average Bonchev–Trinajstić information content (AvgIpc) is 2.75. The van der Waals surface area contributed by atoms with Crippen molar-refractivity contribution in [2.75, 3.05) is 31.1 Å². The number of hydrogen-bond donors (Lipinski definition) is 0. The first-order valence-electron chi connectivity index (χ1n) is 10.3. The van der Waals surface area contributed by atoms with Gasteiger partial charge in [0.05, 0.1) is 5.56 Å². The molecule has 3 heterocycles. The van der Waals surface area contributed by atoms with Crippen LogP contribution < -0.4 is 4.90 Å². The summed E-state index contributed by atoms with van der Waals surface area (Å²) in [7, 11) is 0. The Hall–Kier alpha value is -2.36. The highest BCUT2D eigenvalue weighted by molar-refractivity contribution is 5.94. The Morgan fingerprint density at radius 1 is 0.926 bits per heavy atom. The van der Waals surface area contributed by atoms with Gasteiger partial charge < -0.3 is 9.80 Å². The van der Waals surface area contributed by atoms with Gasteiger partial charge in [-0.25, -0.2) is 4.98 Å². The van der Waals surface area contributed by atoms with Crippen molar-refractivity contribution in [1.82, 2.24) is 9.88 Å². The minimum atomic E-state index is 0.130. The van der Waals surface area contributed by atoms with E-state index in [-0.39, 0.29) is 5.91 Å². The molecule has 2 aliphatic heterocycles. The molecule has 2 saturated heterocycles. The molecule has 0 N–H and O–H groups in total. The SMILES string of the molecule is O=C(c1ccc(N2CCCCC2)nc1)N1CCC(Cc2ccccc2)CC1. The van der Waals surface area contributed by atoms with E-state index in [9.17, 15) is 4.79 Å². The molecular formula is C23H29N3O. The number of piperidine rings is 2. The first-order valence-corrected chi connectivity index (χ1v) is 10.3. The van der Waals surface area contributed by atoms with Crippen molar-refractivity contribution >= 4 is 11.7 Å². The molecule has 2 aromatic rings. The fraction of sp³-hybridized carbons (Fsp3) is 0.478. The number of carbonyl (C=O) groups excluding carboxylic acids is 1. The first-order chi connectivity index (χ1) is 13.3. The summed E-state index contributed by atoms with van der Waals surface area (Å²) >= 11 is 0.